The SMILES string of the molecule is COc1ncccc1COc1cccc(Cl)c1CN. The molecule has 0 amide bonds. The molecule has 1 aromatic heterocycles. The molecule has 100 valence electrons. The summed E-state index contributed by atoms with van der Waals surface area (Å²) in [5.74, 6) is 1.24. The minimum absolute atomic E-state index is 0.333. The first-order valence-corrected chi connectivity index (χ1v) is 6.22. The molecule has 0 spiro atoms. The summed E-state index contributed by atoms with van der Waals surface area (Å²) in [5.41, 5.74) is 7.34. The van der Waals surface area contributed by atoms with Crippen molar-refractivity contribution in [3.8, 4) is 11.6 Å². The van der Waals surface area contributed by atoms with Gasteiger partial charge in [-0.2, -0.15) is 0 Å². The smallest absolute Gasteiger partial charge is 0.219 e. The Balaban J connectivity index is 2.17. The fraction of sp³-hybridized carbons (Fsp3) is 0.214. The summed E-state index contributed by atoms with van der Waals surface area (Å²) in [6.45, 7) is 0.684. The highest BCUT2D eigenvalue weighted by Gasteiger charge is 2.09. The van der Waals surface area contributed by atoms with Crippen LogP contribution < -0.4 is 15.2 Å². The number of halogens is 1. The lowest BCUT2D eigenvalue weighted by molar-refractivity contribution is 0.291. The molecule has 1 aromatic carbocycles. The van der Waals surface area contributed by atoms with E-state index >= 15 is 0 Å². The average Bonchev–Trinajstić information content (AvgIpc) is 2.45. The van der Waals surface area contributed by atoms with Gasteiger partial charge in [0.15, 0.2) is 0 Å². The Kier molecular flexibility index (Phi) is 4.60. The topological polar surface area (TPSA) is 57.4 Å². The van der Waals surface area contributed by atoms with Crippen LogP contribution in [-0.2, 0) is 13.2 Å². The van der Waals surface area contributed by atoms with E-state index in [2.05, 4.69) is 4.98 Å². The quantitative estimate of drug-likeness (QED) is 0.914. The molecule has 1 heterocycles. The molecule has 0 aliphatic carbocycles. The summed E-state index contributed by atoms with van der Waals surface area (Å²) in [5, 5.41) is 0.609. The molecule has 0 radical (unpaired) electrons. The third-order valence-electron chi connectivity index (χ3n) is 2.71. The zero-order valence-electron chi connectivity index (χ0n) is 10.6. The number of benzene rings is 1. The second kappa shape index (κ2) is 6.41. The molecule has 19 heavy (non-hydrogen) atoms. The van der Waals surface area contributed by atoms with Crippen LogP contribution in [-0.4, -0.2) is 12.1 Å². The first-order chi connectivity index (χ1) is 9.26. The van der Waals surface area contributed by atoms with Crippen LogP contribution in [0.2, 0.25) is 5.02 Å². The number of methoxy groups -OCH3 is 1. The van der Waals surface area contributed by atoms with Crippen molar-refractivity contribution in [3.63, 3.8) is 0 Å². The van der Waals surface area contributed by atoms with Crippen LogP contribution in [0.25, 0.3) is 0 Å². The highest BCUT2D eigenvalue weighted by Crippen LogP contribution is 2.27. The Bertz CT molecular complexity index is 561. The maximum Gasteiger partial charge on any atom is 0.219 e. The van der Waals surface area contributed by atoms with Gasteiger partial charge in [-0.1, -0.05) is 17.7 Å². The summed E-state index contributed by atoms with van der Waals surface area (Å²) in [6.07, 6.45) is 1.67. The van der Waals surface area contributed by atoms with Gasteiger partial charge in [-0.15, -0.1) is 0 Å². The van der Waals surface area contributed by atoms with E-state index in [4.69, 9.17) is 26.8 Å². The summed E-state index contributed by atoms with van der Waals surface area (Å²) in [4.78, 5) is 4.12. The Morgan fingerprint density at radius 3 is 2.84 bits per heavy atom. The fourth-order valence-corrected chi connectivity index (χ4v) is 1.99. The molecular formula is C14H15ClN2O2. The van der Waals surface area contributed by atoms with Crippen LogP contribution in [0, 0.1) is 0 Å². The van der Waals surface area contributed by atoms with E-state index in [1.54, 1.807) is 19.4 Å². The first-order valence-electron chi connectivity index (χ1n) is 5.84. The van der Waals surface area contributed by atoms with Crippen LogP contribution in [0.5, 0.6) is 11.6 Å². The predicted octanol–water partition coefficient (Wildman–Crippen LogP) is 2.78. The third-order valence-corrected chi connectivity index (χ3v) is 3.06. The van der Waals surface area contributed by atoms with E-state index in [1.165, 1.54) is 0 Å². The van der Waals surface area contributed by atoms with Gasteiger partial charge in [0.1, 0.15) is 12.4 Å². The van der Waals surface area contributed by atoms with E-state index in [1.807, 2.05) is 24.3 Å². The van der Waals surface area contributed by atoms with E-state index in [0.717, 1.165) is 11.1 Å². The zero-order valence-corrected chi connectivity index (χ0v) is 11.4. The lowest BCUT2D eigenvalue weighted by Gasteiger charge is -2.12. The number of nitrogens with two attached hydrogens (primary N) is 1. The Morgan fingerprint density at radius 1 is 1.26 bits per heavy atom. The molecule has 0 aliphatic heterocycles. The van der Waals surface area contributed by atoms with E-state index in [0.29, 0.717) is 29.8 Å². The predicted molar refractivity (Wildman–Crippen MR) is 74.5 cm³/mol. The van der Waals surface area contributed by atoms with Crippen molar-refractivity contribution in [1.29, 1.82) is 0 Å². The maximum absolute atomic E-state index is 6.07. The van der Waals surface area contributed by atoms with Crippen LogP contribution in [0.4, 0.5) is 0 Å². The van der Waals surface area contributed by atoms with Crippen molar-refractivity contribution in [1.82, 2.24) is 4.98 Å². The Labute approximate surface area is 117 Å². The minimum atomic E-state index is 0.333. The Morgan fingerprint density at radius 2 is 2.11 bits per heavy atom. The van der Waals surface area contributed by atoms with E-state index in [-0.39, 0.29) is 0 Å². The van der Waals surface area contributed by atoms with E-state index < -0.39 is 0 Å². The lowest BCUT2D eigenvalue weighted by Crippen LogP contribution is -2.04. The molecule has 0 saturated heterocycles. The normalized spacial score (nSPS) is 10.3. The molecule has 4 nitrogen and oxygen atoms in total. The minimum Gasteiger partial charge on any atom is -0.488 e. The highest BCUT2D eigenvalue weighted by molar-refractivity contribution is 6.31. The van der Waals surface area contributed by atoms with Crippen LogP contribution in [0.3, 0.4) is 0 Å². The molecule has 2 aromatic rings. The molecular weight excluding hydrogens is 264 g/mol. The van der Waals surface area contributed by atoms with Crippen molar-refractivity contribution in [3.05, 3.63) is 52.7 Å². The van der Waals surface area contributed by atoms with Crippen molar-refractivity contribution < 1.29 is 9.47 Å². The van der Waals surface area contributed by atoms with Crippen molar-refractivity contribution in [2.24, 2.45) is 5.73 Å². The van der Waals surface area contributed by atoms with Gasteiger partial charge in [0.2, 0.25) is 5.88 Å². The highest BCUT2D eigenvalue weighted by atomic mass is 35.5. The number of ether oxygens (including phenoxy) is 2. The number of hydrogen-bond acceptors (Lipinski definition) is 4. The zero-order chi connectivity index (χ0) is 13.7. The standard InChI is InChI=1S/C14H15ClN2O2/c1-18-14-10(4-3-7-17-14)9-19-13-6-2-5-12(15)11(13)8-16/h2-7H,8-9,16H2,1H3. The number of hydrogen-bond donors (Lipinski definition) is 1. The van der Waals surface area contributed by atoms with Crippen molar-refractivity contribution in [2.45, 2.75) is 13.2 Å². The second-order valence-corrected chi connectivity index (χ2v) is 4.29. The number of rotatable bonds is 5. The summed E-state index contributed by atoms with van der Waals surface area (Å²) in [6, 6.07) is 9.21. The molecule has 2 rings (SSSR count). The fourth-order valence-electron chi connectivity index (χ4n) is 1.75. The molecule has 0 atom stereocenters. The van der Waals surface area contributed by atoms with Gasteiger partial charge in [0, 0.05) is 23.3 Å². The van der Waals surface area contributed by atoms with Gasteiger partial charge >= 0.3 is 0 Å². The van der Waals surface area contributed by atoms with Gasteiger partial charge in [-0.25, -0.2) is 4.98 Å². The second-order valence-electron chi connectivity index (χ2n) is 3.88. The van der Waals surface area contributed by atoms with Gasteiger partial charge in [-0.3, -0.25) is 0 Å². The lowest BCUT2D eigenvalue weighted by atomic mass is 10.2. The van der Waals surface area contributed by atoms with Crippen molar-refractivity contribution in [2.75, 3.05) is 7.11 Å². The molecule has 0 fully saturated rings. The molecule has 0 saturated carbocycles. The van der Waals surface area contributed by atoms with Gasteiger partial charge < -0.3 is 15.2 Å². The maximum atomic E-state index is 6.07. The third kappa shape index (κ3) is 3.16. The van der Waals surface area contributed by atoms with E-state index in [9.17, 15) is 0 Å². The van der Waals surface area contributed by atoms with Crippen molar-refractivity contribution >= 4 is 11.6 Å². The molecule has 2 N–H and O–H groups in total. The number of pyridine rings is 1. The molecule has 0 unspecified atom stereocenters. The van der Waals surface area contributed by atoms with Gasteiger partial charge in [-0.05, 0) is 24.3 Å². The molecule has 0 aliphatic rings. The summed E-state index contributed by atoms with van der Waals surface area (Å²) >= 11 is 6.07. The Hall–Kier alpha value is -1.78. The van der Waals surface area contributed by atoms with Crippen LogP contribution in [0.1, 0.15) is 11.1 Å². The number of aromatic nitrogens is 1. The number of nitrogens with zero attached hydrogens (tertiary/aromatic N) is 1. The summed E-state index contributed by atoms with van der Waals surface area (Å²) in [7, 11) is 1.58. The first kappa shape index (κ1) is 13.6. The summed E-state index contributed by atoms with van der Waals surface area (Å²) < 4.78 is 10.9. The van der Waals surface area contributed by atoms with Gasteiger partial charge in [0.25, 0.3) is 0 Å². The molecule has 5 heteroatoms. The molecule has 0 bridgehead atoms. The van der Waals surface area contributed by atoms with Crippen LogP contribution >= 0.6 is 11.6 Å². The van der Waals surface area contributed by atoms with Gasteiger partial charge in [0.05, 0.1) is 12.7 Å². The van der Waals surface area contributed by atoms with Crippen LogP contribution in [0.15, 0.2) is 36.5 Å². The average molecular weight is 279 g/mol. The monoisotopic (exact) mass is 278 g/mol. The largest absolute Gasteiger partial charge is 0.488 e.